The summed E-state index contributed by atoms with van der Waals surface area (Å²) in [4.78, 5) is 13.7. The number of nitrogens with zero attached hydrogens (tertiary/aromatic N) is 4. The SMILES string of the molecule is CCCNCc1cnc(N2CCN(C)C(C)C2)cn1. The van der Waals surface area contributed by atoms with Crippen molar-refractivity contribution in [2.45, 2.75) is 32.9 Å². The second kappa shape index (κ2) is 6.82. The summed E-state index contributed by atoms with van der Waals surface area (Å²) >= 11 is 0. The van der Waals surface area contributed by atoms with E-state index in [0.29, 0.717) is 6.04 Å². The number of hydrogen-bond acceptors (Lipinski definition) is 5. The number of likely N-dealkylation sites (N-methyl/N-ethyl adjacent to an activating group) is 1. The Kier molecular flexibility index (Phi) is 5.10. The van der Waals surface area contributed by atoms with E-state index >= 15 is 0 Å². The molecule has 0 radical (unpaired) electrons. The smallest absolute Gasteiger partial charge is 0.147 e. The number of aromatic nitrogens is 2. The van der Waals surface area contributed by atoms with E-state index in [-0.39, 0.29) is 0 Å². The summed E-state index contributed by atoms with van der Waals surface area (Å²) in [5.41, 5.74) is 1.01. The van der Waals surface area contributed by atoms with Gasteiger partial charge in [0.2, 0.25) is 0 Å². The van der Waals surface area contributed by atoms with E-state index in [1.54, 1.807) is 0 Å². The van der Waals surface area contributed by atoms with E-state index < -0.39 is 0 Å². The normalized spacial score (nSPS) is 20.8. The van der Waals surface area contributed by atoms with Crippen LogP contribution in [0.15, 0.2) is 12.4 Å². The van der Waals surface area contributed by atoms with Crippen LogP contribution < -0.4 is 10.2 Å². The standard InChI is InChI=1S/C14H25N5/c1-4-5-15-8-13-9-17-14(10-16-13)19-7-6-18(3)12(2)11-19/h9-10,12,15H,4-8,11H2,1-3H3. The first kappa shape index (κ1) is 14.2. The molecule has 1 unspecified atom stereocenters. The topological polar surface area (TPSA) is 44.3 Å². The maximum absolute atomic E-state index is 4.55. The Balaban J connectivity index is 1.91. The van der Waals surface area contributed by atoms with Gasteiger partial charge in [-0.2, -0.15) is 0 Å². The van der Waals surface area contributed by atoms with Gasteiger partial charge < -0.3 is 15.1 Å². The molecule has 106 valence electrons. The molecule has 2 rings (SSSR count). The molecular weight excluding hydrogens is 238 g/mol. The Morgan fingerprint density at radius 2 is 2.16 bits per heavy atom. The maximum atomic E-state index is 4.55. The third-order valence-corrected chi connectivity index (χ3v) is 3.71. The van der Waals surface area contributed by atoms with Crippen molar-refractivity contribution in [1.82, 2.24) is 20.2 Å². The lowest BCUT2D eigenvalue weighted by Gasteiger charge is -2.38. The molecule has 19 heavy (non-hydrogen) atoms. The molecule has 0 bridgehead atoms. The minimum Gasteiger partial charge on any atom is -0.353 e. The van der Waals surface area contributed by atoms with Gasteiger partial charge >= 0.3 is 0 Å². The van der Waals surface area contributed by atoms with Gasteiger partial charge in [0.05, 0.1) is 18.1 Å². The van der Waals surface area contributed by atoms with E-state index in [9.17, 15) is 0 Å². The summed E-state index contributed by atoms with van der Waals surface area (Å²) in [5, 5.41) is 3.34. The molecule has 5 nitrogen and oxygen atoms in total. The Morgan fingerprint density at radius 3 is 2.79 bits per heavy atom. The molecule has 1 fully saturated rings. The molecule has 1 saturated heterocycles. The third-order valence-electron chi connectivity index (χ3n) is 3.71. The summed E-state index contributed by atoms with van der Waals surface area (Å²) in [7, 11) is 2.18. The molecule has 2 heterocycles. The number of anilines is 1. The van der Waals surface area contributed by atoms with E-state index in [2.05, 4.69) is 46.0 Å². The van der Waals surface area contributed by atoms with Gasteiger partial charge in [-0.05, 0) is 26.9 Å². The average Bonchev–Trinajstić information content (AvgIpc) is 2.43. The molecule has 1 N–H and O–H groups in total. The molecule has 1 aromatic rings. The van der Waals surface area contributed by atoms with Gasteiger partial charge in [-0.3, -0.25) is 4.98 Å². The van der Waals surface area contributed by atoms with Crippen LogP contribution in [0.4, 0.5) is 5.82 Å². The van der Waals surface area contributed by atoms with Crippen molar-refractivity contribution in [2.24, 2.45) is 0 Å². The largest absolute Gasteiger partial charge is 0.353 e. The van der Waals surface area contributed by atoms with Crippen LogP contribution in [0.25, 0.3) is 0 Å². The molecule has 1 aliphatic rings. The van der Waals surface area contributed by atoms with Crippen LogP contribution in [0.2, 0.25) is 0 Å². The van der Waals surface area contributed by atoms with Crippen molar-refractivity contribution in [3.63, 3.8) is 0 Å². The van der Waals surface area contributed by atoms with Crippen molar-refractivity contribution in [2.75, 3.05) is 38.1 Å². The van der Waals surface area contributed by atoms with Crippen LogP contribution in [0.5, 0.6) is 0 Å². The van der Waals surface area contributed by atoms with Crippen LogP contribution in [0.1, 0.15) is 26.0 Å². The molecule has 5 heteroatoms. The van der Waals surface area contributed by atoms with Crippen LogP contribution in [0, 0.1) is 0 Å². The molecule has 1 atom stereocenters. The van der Waals surface area contributed by atoms with Crippen LogP contribution >= 0.6 is 0 Å². The Labute approximate surface area is 116 Å². The fraction of sp³-hybridized carbons (Fsp3) is 0.714. The highest BCUT2D eigenvalue weighted by Gasteiger charge is 2.21. The summed E-state index contributed by atoms with van der Waals surface area (Å²) in [6.07, 6.45) is 4.94. The molecule has 1 aromatic heterocycles. The number of rotatable bonds is 5. The highest BCUT2D eigenvalue weighted by Crippen LogP contribution is 2.14. The second-order valence-electron chi connectivity index (χ2n) is 5.32. The molecule has 0 amide bonds. The highest BCUT2D eigenvalue weighted by atomic mass is 15.3. The predicted octanol–water partition coefficient (Wildman–Crippen LogP) is 1.12. The monoisotopic (exact) mass is 263 g/mol. The average molecular weight is 263 g/mol. The molecule has 0 aliphatic carbocycles. The third kappa shape index (κ3) is 3.88. The lowest BCUT2D eigenvalue weighted by molar-refractivity contribution is 0.233. The van der Waals surface area contributed by atoms with Crippen molar-refractivity contribution in [3.8, 4) is 0 Å². The number of piperazine rings is 1. The van der Waals surface area contributed by atoms with Crippen molar-refractivity contribution in [3.05, 3.63) is 18.1 Å². The fourth-order valence-corrected chi connectivity index (χ4v) is 2.25. The second-order valence-corrected chi connectivity index (χ2v) is 5.32. The predicted molar refractivity (Wildman–Crippen MR) is 78.3 cm³/mol. The lowest BCUT2D eigenvalue weighted by atomic mass is 10.2. The zero-order chi connectivity index (χ0) is 13.7. The summed E-state index contributed by atoms with van der Waals surface area (Å²) in [5.74, 6) is 0.999. The zero-order valence-electron chi connectivity index (χ0n) is 12.3. The van der Waals surface area contributed by atoms with E-state index in [1.165, 1.54) is 0 Å². The zero-order valence-corrected chi connectivity index (χ0v) is 12.3. The Morgan fingerprint density at radius 1 is 1.32 bits per heavy atom. The van der Waals surface area contributed by atoms with Gasteiger partial charge in [0.1, 0.15) is 5.82 Å². The van der Waals surface area contributed by atoms with Gasteiger partial charge in [-0.25, -0.2) is 4.98 Å². The molecule has 0 spiro atoms. The molecule has 1 aliphatic heterocycles. The first-order valence-electron chi connectivity index (χ1n) is 7.17. The van der Waals surface area contributed by atoms with Crippen LogP contribution in [0.3, 0.4) is 0 Å². The highest BCUT2D eigenvalue weighted by molar-refractivity contribution is 5.36. The quantitative estimate of drug-likeness (QED) is 0.807. The van der Waals surface area contributed by atoms with Gasteiger partial charge in [0, 0.05) is 32.2 Å². The molecule has 0 aromatic carbocycles. The first-order chi connectivity index (χ1) is 9.20. The van der Waals surface area contributed by atoms with Gasteiger partial charge in [0.15, 0.2) is 0 Å². The fourth-order valence-electron chi connectivity index (χ4n) is 2.25. The van der Waals surface area contributed by atoms with Crippen molar-refractivity contribution < 1.29 is 0 Å². The number of nitrogens with one attached hydrogen (secondary N) is 1. The Bertz CT molecular complexity index is 378. The molecule has 0 saturated carbocycles. The maximum Gasteiger partial charge on any atom is 0.147 e. The lowest BCUT2D eigenvalue weighted by Crippen LogP contribution is -2.50. The Hall–Kier alpha value is -1.20. The van der Waals surface area contributed by atoms with Crippen molar-refractivity contribution in [1.29, 1.82) is 0 Å². The summed E-state index contributed by atoms with van der Waals surface area (Å²) in [6, 6.07) is 0.571. The summed E-state index contributed by atoms with van der Waals surface area (Å²) in [6.45, 7) is 9.39. The first-order valence-corrected chi connectivity index (χ1v) is 7.17. The van der Waals surface area contributed by atoms with Gasteiger partial charge in [-0.1, -0.05) is 6.92 Å². The number of hydrogen-bond donors (Lipinski definition) is 1. The van der Waals surface area contributed by atoms with Crippen LogP contribution in [-0.2, 0) is 6.54 Å². The van der Waals surface area contributed by atoms with E-state index in [4.69, 9.17) is 0 Å². The van der Waals surface area contributed by atoms with Gasteiger partial charge in [0.25, 0.3) is 0 Å². The minimum atomic E-state index is 0.571. The van der Waals surface area contributed by atoms with E-state index in [0.717, 1.165) is 50.7 Å². The molecular formula is C14H25N5. The van der Waals surface area contributed by atoms with Crippen LogP contribution in [-0.4, -0.2) is 54.1 Å². The minimum absolute atomic E-state index is 0.571. The van der Waals surface area contributed by atoms with Gasteiger partial charge in [-0.15, -0.1) is 0 Å². The van der Waals surface area contributed by atoms with E-state index in [1.807, 2.05) is 12.4 Å². The van der Waals surface area contributed by atoms with Crippen molar-refractivity contribution >= 4 is 5.82 Å². The summed E-state index contributed by atoms with van der Waals surface area (Å²) < 4.78 is 0.